The molecule has 3 rings (SSSR count). The SMILES string of the molecule is [N-]=[N+]=NC12CC(C(=O)O)(C1)C2. The molecule has 0 aliphatic heterocycles. The molecular weight excluding hydrogens is 146 g/mol. The van der Waals surface area contributed by atoms with Crippen LogP contribution >= 0.6 is 0 Å². The smallest absolute Gasteiger partial charge is 0.309 e. The Morgan fingerprint density at radius 2 is 2.09 bits per heavy atom. The van der Waals surface area contributed by atoms with E-state index in [1.54, 1.807) is 0 Å². The fourth-order valence-corrected chi connectivity index (χ4v) is 2.16. The molecule has 2 bridgehead atoms. The van der Waals surface area contributed by atoms with Crippen molar-refractivity contribution in [1.29, 1.82) is 0 Å². The summed E-state index contributed by atoms with van der Waals surface area (Å²) in [5.74, 6) is -0.743. The van der Waals surface area contributed by atoms with E-state index < -0.39 is 11.4 Å². The van der Waals surface area contributed by atoms with Crippen molar-refractivity contribution in [3.05, 3.63) is 10.4 Å². The van der Waals surface area contributed by atoms with Crippen LogP contribution in [0.25, 0.3) is 10.4 Å². The van der Waals surface area contributed by atoms with Gasteiger partial charge in [0.1, 0.15) is 0 Å². The van der Waals surface area contributed by atoms with Gasteiger partial charge in [0, 0.05) is 4.91 Å². The lowest BCUT2D eigenvalue weighted by molar-refractivity contribution is -0.190. The lowest BCUT2D eigenvalue weighted by Gasteiger charge is -2.65. The highest BCUT2D eigenvalue weighted by atomic mass is 16.4. The molecule has 0 heterocycles. The quantitative estimate of drug-likeness (QED) is 0.368. The zero-order valence-electron chi connectivity index (χ0n) is 5.82. The molecule has 3 saturated carbocycles. The summed E-state index contributed by atoms with van der Waals surface area (Å²) in [6.45, 7) is 0. The van der Waals surface area contributed by atoms with Crippen molar-refractivity contribution in [3.63, 3.8) is 0 Å². The Hall–Kier alpha value is -1.22. The van der Waals surface area contributed by atoms with Gasteiger partial charge in [-0.2, -0.15) is 0 Å². The number of carbonyl (C=O) groups is 1. The summed E-state index contributed by atoms with van der Waals surface area (Å²) >= 11 is 0. The molecular formula is C6H7N3O2. The van der Waals surface area contributed by atoms with Gasteiger partial charge in [0.15, 0.2) is 0 Å². The first-order chi connectivity index (χ1) is 5.13. The van der Waals surface area contributed by atoms with Gasteiger partial charge in [-0.15, -0.1) is 0 Å². The third-order valence-electron chi connectivity index (χ3n) is 2.71. The van der Waals surface area contributed by atoms with Gasteiger partial charge < -0.3 is 5.11 Å². The minimum absolute atomic E-state index is 0.312. The van der Waals surface area contributed by atoms with Crippen LogP contribution in [-0.4, -0.2) is 16.6 Å². The molecule has 0 atom stereocenters. The number of rotatable bonds is 2. The van der Waals surface area contributed by atoms with Crippen LogP contribution < -0.4 is 0 Å². The van der Waals surface area contributed by atoms with Gasteiger partial charge in [0.2, 0.25) is 0 Å². The molecule has 0 unspecified atom stereocenters. The van der Waals surface area contributed by atoms with Crippen LogP contribution in [0.2, 0.25) is 0 Å². The third kappa shape index (κ3) is 0.563. The van der Waals surface area contributed by atoms with E-state index in [0.29, 0.717) is 19.3 Å². The van der Waals surface area contributed by atoms with E-state index >= 15 is 0 Å². The van der Waals surface area contributed by atoms with Crippen LogP contribution in [0.1, 0.15) is 19.3 Å². The molecule has 5 heteroatoms. The molecule has 3 aliphatic carbocycles. The van der Waals surface area contributed by atoms with Gasteiger partial charge in [0.25, 0.3) is 0 Å². The van der Waals surface area contributed by atoms with E-state index in [-0.39, 0.29) is 5.54 Å². The van der Waals surface area contributed by atoms with Crippen LogP contribution in [0.4, 0.5) is 0 Å². The van der Waals surface area contributed by atoms with Gasteiger partial charge >= 0.3 is 5.97 Å². The van der Waals surface area contributed by atoms with E-state index in [1.165, 1.54) is 0 Å². The minimum atomic E-state index is -0.743. The standard InChI is InChI=1S/C6H7N3O2/c7-9-8-6-1-5(2-6,3-6)4(10)11/h1-3H2,(H,10,11). The maximum Gasteiger partial charge on any atom is 0.309 e. The number of aliphatic carboxylic acids is 1. The molecule has 0 radical (unpaired) electrons. The van der Waals surface area contributed by atoms with Crippen molar-refractivity contribution in [1.82, 2.24) is 0 Å². The Labute approximate surface area is 62.6 Å². The second kappa shape index (κ2) is 1.51. The van der Waals surface area contributed by atoms with Crippen LogP contribution in [0.3, 0.4) is 0 Å². The summed E-state index contributed by atoms with van der Waals surface area (Å²) < 4.78 is 0. The summed E-state index contributed by atoms with van der Waals surface area (Å²) in [5.41, 5.74) is 7.29. The Kier molecular flexibility index (Phi) is 0.889. The lowest BCUT2D eigenvalue weighted by atomic mass is 9.40. The normalized spacial score (nSPS) is 44.7. The van der Waals surface area contributed by atoms with Crippen LogP contribution in [0.5, 0.6) is 0 Å². The molecule has 3 fully saturated rings. The molecule has 11 heavy (non-hydrogen) atoms. The first-order valence-corrected chi connectivity index (χ1v) is 3.42. The lowest BCUT2D eigenvalue weighted by Crippen LogP contribution is -2.68. The van der Waals surface area contributed by atoms with E-state index in [1.807, 2.05) is 0 Å². The largest absolute Gasteiger partial charge is 0.481 e. The van der Waals surface area contributed by atoms with Crippen molar-refractivity contribution in [2.45, 2.75) is 24.8 Å². The Bertz CT molecular complexity index is 248. The number of carboxylic acid groups (broad SMARTS) is 1. The second-order valence-electron chi connectivity index (χ2n) is 3.53. The first-order valence-electron chi connectivity index (χ1n) is 3.42. The highest BCUT2D eigenvalue weighted by Crippen LogP contribution is 2.69. The first kappa shape index (κ1) is 6.49. The topological polar surface area (TPSA) is 86.1 Å². The minimum Gasteiger partial charge on any atom is -0.481 e. The van der Waals surface area contributed by atoms with E-state index in [9.17, 15) is 4.79 Å². The summed E-state index contributed by atoms with van der Waals surface area (Å²) in [4.78, 5) is 13.2. The second-order valence-corrected chi connectivity index (χ2v) is 3.53. The number of hydrogen-bond acceptors (Lipinski definition) is 2. The van der Waals surface area contributed by atoms with Crippen molar-refractivity contribution >= 4 is 5.97 Å². The predicted octanol–water partition coefficient (Wildman–Crippen LogP) is 1.30. The number of hydrogen-bond donors (Lipinski definition) is 1. The average Bonchev–Trinajstić information content (AvgIpc) is 1.73. The maximum atomic E-state index is 10.6. The molecule has 58 valence electrons. The predicted molar refractivity (Wildman–Crippen MR) is 35.8 cm³/mol. The van der Waals surface area contributed by atoms with Gasteiger partial charge in [-0.05, 0) is 24.8 Å². The van der Waals surface area contributed by atoms with E-state index in [2.05, 4.69) is 10.0 Å². The fourth-order valence-electron chi connectivity index (χ4n) is 2.16. The van der Waals surface area contributed by atoms with Gasteiger partial charge in [-0.1, -0.05) is 5.11 Å². The summed E-state index contributed by atoms with van der Waals surface area (Å²) in [5, 5.41) is 12.3. The highest BCUT2D eigenvalue weighted by molar-refractivity contribution is 5.80. The molecule has 5 nitrogen and oxygen atoms in total. The summed E-state index contributed by atoms with van der Waals surface area (Å²) in [6, 6.07) is 0. The zero-order valence-corrected chi connectivity index (χ0v) is 5.82. The van der Waals surface area contributed by atoms with Crippen molar-refractivity contribution in [2.75, 3.05) is 0 Å². The Balaban J connectivity index is 2.09. The molecule has 0 spiro atoms. The number of nitrogens with zero attached hydrogens (tertiary/aromatic N) is 3. The van der Waals surface area contributed by atoms with Crippen molar-refractivity contribution < 1.29 is 9.90 Å². The van der Waals surface area contributed by atoms with Crippen LogP contribution in [0.15, 0.2) is 5.11 Å². The molecule has 0 aromatic heterocycles. The van der Waals surface area contributed by atoms with E-state index in [4.69, 9.17) is 10.6 Å². The third-order valence-corrected chi connectivity index (χ3v) is 2.71. The zero-order chi connectivity index (χ0) is 8.11. The monoisotopic (exact) mass is 153 g/mol. The number of carboxylic acids is 1. The molecule has 0 amide bonds. The molecule has 0 saturated heterocycles. The van der Waals surface area contributed by atoms with Crippen molar-refractivity contribution in [3.8, 4) is 0 Å². The molecule has 0 aromatic rings. The van der Waals surface area contributed by atoms with Gasteiger partial charge in [0.05, 0.1) is 11.0 Å². The maximum absolute atomic E-state index is 10.6. The summed E-state index contributed by atoms with van der Waals surface area (Å²) in [6.07, 6.45) is 1.62. The Morgan fingerprint density at radius 1 is 1.55 bits per heavy atom. The van der Waals surface area contributed by atoms with Gasteiger partial charge in [-0.25, -0.2) is 0 Å². The molecule has 1 N–H and O–H groups in total. The highest BCUT2D eigenvalue weighted by Gasteiger charge is 2.71. The Morgan fingerprint density at radius 3 is 2.45 bits per heavy atom. The van der Waals surface area contributed by atoms with Crippen molar-refractivity contribution in [2.24, 2.45) is 10.5 Å². The number of azide groups is 1. The average molecular weight is 153 g/mol. The molecule has 3 aliphatic rings. The van der Waals surface area contributed by atoms with Crippen LogP contribution in [-0.2, 0) is 4.79 Å². The van der Waals surface area contributed by atoms with Gasteiger partial charge in [-0.3, -0.25) is 4.79 Å². The fraction of sp³-hybridized carbons (Fsp3) is 0.833. The summed E-state index contributed by atoms with van der Waals surface area (Å²) in [7, 11) is 0. The molecule has 0 aromatic carbocycles. The van der Waals surface area contributed by atoms with Crippen LogP contribution in [0, 0.1) is 5.41 Å². The van der Waals surface area contributed by atoms with E-state index in [0.717, 1.165) is 0 Å².